The number of benzene rings is 2. The van der Waals surface area contributed by atoms with Crippen LogP contribution in [0.15, 0.2) is 66.9 Å². The van der Waals surface area contributed by atoms with E-state index in [4.69, 9.17) is 4.74 Å². The molecule has 1 aromatic heterocycles. The van der Waals surface area contributed by atoms with Gasteiger partial charge in [-0.3, -0.25) is 9.88 Å². The van der Waals surface area contributed by atoms with E-state index < -0.39 is 0 Å². The highest BCUT2D eigenvalue weighted by Gasteiger charge is 2.10. The van der Waals surface area contributed by atoms with Crippen LogP contribution in [0.3, 0.4) is 0 Å². The second-order valence-electron chi connectivity index (χ2n) is 7.47. The molecule has 1 aliphatic rings. The van der Waals surface area contributed by atoms with Crippen LogP contribution in [0.25, 0.3) is 11.3 Å². The van der Waals surface area contributed by atoms with E-state index in [0.717, 1.165) is 41.3 Å². The Morgan fingerprint density at radius 3 is 2.24 bits per heavy atom. The van der Waals surface area contributed by atoms with E-state index in [9.17, 15) is 0 Å². The first-order valence-corrected chi connectivity index (χ1v) is 10.3. The number of pyridine rings is 1. The van der Waals surface area contributed by atoms with Gasteiger partial charge in [-0.05, 0) is 69.3 Å². The van der Waals surface area contributed by atoms with Gasteiger partial charge in [-0.1, -0.05) is 41.7 Å². The van der Waals surface area contributed by atoms with Crippen molar-refractivity contribution in [2.75, 3.05) is 26.2 Å². The third-order valence-electron chi connectivity index (χ3n) is 5.19. The van der Waals surface area contributed by atoms with Crippen molar-refractivity contribution in [3.05, 3.63) is 83.6 Å². The van der Waals surface area contributed by atoms with Crippen molar-refractivity contribution in [1.82, 2.24) is 9.88 Å². The number of rotatable bonds is 5. The lowest BCUT2D eigenvalue weighted by Gasteiger charge is -2.14. The SMILES string of the molecule is Cc1ccc(-c2ccc(C#Cc3ccc(OCCN4CCCC4)cc3)cn2)cc1. The number of aryl methyl sites for hydroxylation is 1. The van der Waals surface area contributed by atoms with Crippen LogP contribution in [-0.2, 0) is 0 Å². The minimum atomic E-state index is 0.740. The van der Waals surface area contributed by atoms with Gasteiger partial charge < -0.3 is 4.74 Å². The maximum absolute atomic E-state index is 5.85. The third kappa shape index (κ3) is 5.47. The molecular weight excluding hydrogens is 356 g/mol. The van der Waals surface area contributed by atoms with Gasteiger partial charge in [0.25, 0.3) is 0 Å². The average Bonchev–Trinajstić information content (AvgIpc) is 3.28. The van der Waals surface area contributed by atoms with Gasteiger partial charge in [0.15, 0.2) is 0 Å². The van der Waals surface area contributed by atoms with Crippen LogP contribution in [0, 0.1) is 18.8 Å². The van der Waals surface area contributed by atoms with E-state index in [-0.39, 0.29) is 0 Å². The molecule has 0 atom stereocenters. The van der Waals surface area contributed by atoms with E-state index >= 15 is 0 Å². The molecule has 4 rings (SSSR count). The lowest BCUT2D eigenvalue weighted by atomic mass is 10.1. The highest BCUT2D eigenvalue weighted by atomic mass is 16.5. The molecule has 0 saturated carbocycles. The zero-order valence-electron chi connectivity index (χ0n) is 16.9. The number of aromatic nitrogens is 1. The number of ether oxygens (including phenoxy) is 1. The number of hydrogen-bond acceptors (Lipinski definition) is 3. The van der Waals surface area contributed by atoms with Crippen molar-refractivity contribution in [3.63, 3.8) is 0 Å². The molecule has 0 bridgehead atoms. The molecule has 0 spiro atoms. The lowest BCUT2D eigenvalue weighted by Crippen LogP contribution is -2.25. The third-order valence-corrected chi connectivity index (χ3v) is 5.19. The molecule has 1 aliphatic heterocycles. The Morgan fingerprint density at radius 2 is 1.55 bits per heavy atom. The zero-order valence-corrected chi connectivity index (χ0v) is 16.9. The van der Waals surface area contributed by atoms with E-state index in [2.05, 4.69) is 52.9 Å². The zero-order chi connectivity index (χ0) is 19.9. The fourth-order valence-electron chi connectivity index (χ4n) is 3.44. The highest BCUT2D eigenvalue weighted by molar-refractivity contribution is 5.60. The molecule has 0 unspecified atom stereocenters. The Balaban J connectivity index is 1.32. The minimum absolute atomic E-state index is 0.740. The second-order valence-corrected chi connectivity index (χ2v) is 7.47. The molecular formula is C26H26N2O. The van der Waals surface area contributed by atoms with Crippen LogP contribution in [0.4, 0.5) is 0 Å². The molecule has 3 aromatic rings. The topological polar surface area (TPSA) is 25.4 Å². The summed E-state index contributed by atoms with van der Waals surface area (Å²) in [5, 5.41) is 0. The smallest absolute Gasteiger partial charge is 0.119 e. The predicted molar refractivity (Wildman–Crippen MR) is 118 cm³/mol. The Morgan fingerprint density at radius 1 is 0.862 bits per heavy atom. The van der Waals surface area contributed by atoms with E-state index in [1.165, 1.54) is 31.5 Å². The average molecular weight is 383 g/mol. The van der Waals surface area contributed by atoms with Gasteiger partial charge in [0.05, 0.1) is 5.69 Å². The molecule has 3 heteroatoms. The van der Waals surface area contributed by atoms with Gasteiger partial charge in [-0.25, -0.2) is 0 Å². The Bertz CT molecular complexity index is 974. The van der Waals surface area contributed by atoms with Crippen LogP contribution in [-0.4, -0.2) is 36.1 Å². The van der Waals surface area contributed by atoms with E-state index in [0.29, 0.717) is 0 Å². The number of hydrogen-bond donors (Lipinski definition) is 0. The summed E-state index contributed by atoms with van der Waals surface area (Å²) < 4.78 is 5.85. The standard InChI is InChI=1S/C26H26N2O/c1-21-4-11-24(12-5-21)26-15-10-23(20-27-26)7-6-22-8-13-25(14-9-22)29-19-18-28-16-2-3-17-28/h4-5,8-15,20H,2-3,16-19H2,1H3. The van der Waals surface area contributed by atoms with Crippen LogP contribution >= 0.6 is 0 Å². The summed E-state index contributed by atoms with van der Waals surface area (Å²) in [7, 11) is 0. The number of nitrogens with zero attached hydrogens (tertiary/aromatic N) is 2. The van der Waals surface area contributed by atoms with Crippen LogP contribution < -0.4 is 4.74 Å². The molecule has 2 heterocycles. The van der Waals surface area contributed by atoms with Crippen molar-refractivity contribution < 1.29 is 4.74 Å². The predicted octanol–water partition coefficient (Wildman–Crippen LogP) is 4.93. The molecule has 0 N–H and O–H groups in total. The first-order valence-electron chi connectivity index (χ1n) is 10.3. The summed E-state index contributed by atoms with van der Waals surface area (Å²) in [5.74, 6) is 7.29. The largest absolute Gasteiger partial charge is 0.492 e. The van der Waals surface area contributed by atoms with Crippen molar-refractivity contribution in [1.29, 1.82) is 0 Å². The lowest BCUT2D eigenvalue weighted by molar-refractivity contribution is 0.238. The van der Waals surface area contributed by atoms with Gasteiger partial charge in [0, 0.05) is 29.4 Å². The van der Waals surface area contributed by atoms with Crippen molar-refractivity contribution in [2.45, 2.75) is 19.8 Å². The Labute approximate surface area is 173 Å². The first-order chi connectivity index (χ1) is 14.3. The fourth-order valence-corrected chi connectivity index (χ4v) is 3.44. The van der Waals surface area contributed by atoms with Gasteiger partial charge in [0.1, 0.15) is 12.4 Å². The molecule has 0 amide bonds. The fraction of sp³-hybridized carbons (Fsp3) is 0.269. The monoisotopic (exact) mass is 382 g/mol. The van der Waals surface area contributed by atoms with Crippen LogP contribution in [0.1, 0.15) is 29.5 Å². The maximum atomic E-state index is 5.85. The van der Waals surface area contributed by atoms with Gasteiger partial charge >= 0.3 is 0 Å². The molecule has 0 aliphatic carbocycles. The summed E-state index contributed by atoms with van der Waals surface area (Å²) in [6.45, 7) is 6.25. The molecule has 1 fully saturated rings. The Kier molecular flexibility index (Phi) is 6.24. The van der Waals surface area contributed by atoms with Crippen LogP contribution in [0.2, 0.25) is 0 Å². The van der Waals surface area contributed by atoms with Crippen molar-refractivity contribution in [3.8, 4) is 28.8 Å². The molecule has 0 radical (unpaired) electrons. The second kappa shape index (κ2) is 9.41. The summed E-state index contributed by atoms with van der Waals surface area (Å²) in [5.41, 5.74) is 5.21. The highest BCUT2D eigenvalue weighted by Crippen LogP contribution is 2.17. The maximum Gasteiger partial charge on any atom is 0.119 e. The van der Waals surface area contributed by atoms with Gasteiger partial charge in [-0.15, -0.1) is 0 Å². The van der Waals surface area contributed by atoms with Crippen LogP contribution in [0.5, 0.6) is 5.75 Å². The van der Waals surface area contributed by atoms with E-state index in [1.54, 1.807) is 0 Å². The molecule has 3 nitrogen and oxygen atoms in total. The Hall–Kier alpha value is -3.09. The molecule has 146 valence electrons. The van der Waals surface area contributed by atoms with Crippen molar-refractivity contribution in [2.24, 2.45) is 0 Å². The molecule has 1 saturated heterocycles. The summed E-state index contributed by atoms with van der Waals surface area (Å²) in [4.78, 5) is 7.00. The molecule has 2 aromatic carbocycles. The molecule has 29 heavy (non-hydrogen) atoms. The van der Waals surface area contributed by atoms with Gasteiger partial charge in [-0.2, -0.15) is 0 Å². The summed E-state index contributed by atoms with van der Waals surface area (Å²) >= 11 is 0. The first kappa shape index (κ1) is 19.2. The van der Waals surface area contributed by atoms with Crippen molar-refractivity contribution >= 4 is 0 Å². The normalized spacial score (nSPS) is 13.7. The van der Waals surface area contributed by atoms with Gasteiger partial charge in [0.2, 0.25) is 0 Å². The minimum Gasteiger partial charge on any atom is -0.492 e. The quantitative estimate of drug-likeness (QED) is 0.585. The van der Waals surface area contributed by atoms with E-state index in [1.807, 2.05) is 42.6 Å². The summed E-state index contributed by atoms with van der Waals surface area (Å²) in [6, 6.07) is 20.4. The summed E-state index contributed by atoms with van der Waals surface area (Å²) in [6.07, 6.45) is 4.47. The number of likely N-dealkylation sites (tertiary alicyclic amines) is 1.